The number of hydrogen-bond acceptors (Lipinski definition) is 5. The van der Waals surface area contributed by atoms with Gasteiger partial charge in [0.15, 0.2) is 17.0 Å². The summed E-state index contributed by atoms with van der Waals surface area (Å²) in [5, 5.41) is 10.9. The highest BCUT2D eigenvalue weighted by Gasteiger charge is 2.28. The summed E-state index contributed by atoms with van der Waals surface area (Å²) in [7, 11) is 0. The Bertz CT molecular complexity index is 1350. The Hall–Kier alpha value is -2.87. The topological polar surface area (TPSA) is 84.1 Å². The zero-order valence-electron chi connectivity index (χ0n) is 17.3. The minimum atomic E-state index is -0.755. The van der Waals surface area contributed by atoms with E-state index in [1.807, 2.05) is 22.8 Å². The highest BCUT2D eigenvalue weighted by atomic mass is 35.5. The van der Waals surface area contributed by atoms with Crippen molar-refractivity contribution in [2.75, 3.05) is 18.0 Å². The molecule has 0 amide bonds. The molecular formula is C23H18Cl3N5O2. The summed E-state index contributed by atoms with van der Waals surface area (Å²) >= 11 is 18.8. The molecule has 0 atom stereocenters. The molecule has 0 aliphatic carbocycles. The molecule has 1 aliphatic rings. The van der Waals surface area contributed by atoms with E-state index in [9.17, 15) is 9.90 Å². The van der Waals surface area contributed by atoms with Crippen LogP contribution >= 0.6 is 34.8 Å². The summed E-state index contributed by atoms with van der Waals surface area (Å²) in [5.41, 5.74) is 2.74. The lowest BCUT2D eigenvalue weighted by Gasteiger charge is -2.30. The molecule has 1 fully saturated rings. The molecule has 1 aliphatic heterocycles. The lowest BCUT2D eigenvalue weighted by atomic mass is 9.97. The standard InChI is InChI=1S/C23H18Cl3N5O2/c24-14-1-4-16(5-2-14)31-20(17-6-3-15(25)11-18(17)26)29-19-21(27-12-28-22(19)31)30-9-7-13(8-10-30)23(32)33/h1-6,11-13H,7-10H2,(H,32,33). The first-order valence-corrected chi connectivity index (χ1v) is 11.5. The van der Waals surface area contributed by atoms with Gasteiger partial charge in [0.1, 0.15) is 12.2 Å². The van der Waals surface area contributed by atoms with Gasteiger partial charge in [-0.1, -0.05) is 34.8 Å². The first-order chi connectivity index (χ1) is 15.9. The van der Waals surface area contributed by atoms with E-state index >= 15 is 0 Å². The molecule has 168 valence electrons. The van der Waals surface area contributed by atoms with Gasteiger partial charge >= 0.3 is 5.97 Å². The van der Waals surface area contributed by atoms with Gasteiger partial charge in [0, 0.05) is 34.4 Å². The maximum absolute atomic E-state index is 11.4. The van der Waals surface area contributed by atoms with E-state index < -0.39 is 5.97 Å². The first-order valence-electron chi connectivity index (χ1n) is 10.3. The van der Waals surface area contributed by atoms with Crippen molar-refractivity contribution in [2.24, 2.45) is 5.92 Å². The average Bonchev–Trinajstić information content (AvgIpc) is 3.19. The number of rotatable bonds is 4. The van der Waals surface area contributed by atoms with Crippen LogP contribution in [-0.4, -0.2) is 43.7 Å². The van der Waals surface area contributed by atoms with Crippen molar-refractivity contribution < 1.29 is 9.90 Å². The Morgan fingerprint density at radius 1 is 0.970 bits per heavy atom. The van der Waals surface area contributed by atoms with Crippen LogP contribution in [0.2, 0.25) is 15.1 Å². The van der Waals surface area contributed by atoms with Crippen LogP contribution in [-0.2, 0) is 4.79 Å². The molecule has 7 nitrogen and oxygen atoms in total. The highest BCUT2D eigenvalue weighted by molar-refractivity contribution is 6.36. The van der Waals surface area contributed by atoms with Gasteiger partial charge in [-0.25, -0.2) is 15.0 Å². The molecule has 0 saturated carbocycles. The van der Waals surface area contributed by atoms with Crippen LogP contribution in [0.3, 0.4) is 0 Å². The molecular weight excluding hydrogens is 485 g/mol. The zero-order valence-corrected chi connectivity index (χ0v) is 19.5. The van der Waals surface area contributed by atoms with E-state index in [4.69, 9.17) is 39.8 Å². The van der Waals surface area contributed by atoms with E-state index in [1.165, 1.54) is 6.33 Å². The van der Waals surface area contributed by atoms with Gasteiger partial charge in [0.25, 0.3) is 0 Å². The van der Waals surface area contributed by atoms with Gasteiger partial charge < -0.3 is 10.0 Å². The second kappa shape index (κ2) is 8.82. The van der Waals surface area contributed by atoms with Crippen molar-refractivity contribution in [3.8, 4) is 17.1 Å². The number of hydrogen-bond donors (Lipinski definition) is 1. The van der Waals surface area contributed by atoms with Crippen LogP contribution < -0.4 is 4.90 Å². The minimum Gasteiger partial charge on any atom is -0.481 e. The summed E-state index contributed by atoms with van der Waals surface area (Å²) in [6, 6.07) is 12.6. The molecule has 4 aromatic rings. The normalized spacial score (nSPS) is 14.7. The van der Waals surface area contributed by atoms with Crippen LogP contribution in [0.1, 0.15) is 12.8 Å². The molecule has 33 heavy (non-hydrogen) atoms. The summed E-state index contributed by atoms with van der Waals surface area (Å²) in [5.74, 6) is 0.168. The molecule has 1 saturated heterocycles. The molecule has 0 spiro atoms. The van der Waals surface area contributed by atoms with Crippen LogP contribution in [0.25, 0.3) is 28.2 Å². The minimum absolute atomic E-state index is 0.339. The summed E-state index contributed by atoms with van der Waals surface area (Å²) in [6.07, 6.45) is 2.60. The van der Waals surface area contributed by atoms with Crippen molar-refractivity contribution in [3.05, 3.63) is 63.9 Å². The zero-order chi connectivity index (χ0) is 23.1. The lowest BCUT2D eigenvalue weighted by Crippen LogP contribution is -2.36. The van der Waals surface area contributed by atoms with Gasteiger partial charge in [0.2, 0.25) is 0 Å². The van der Waals surface area contributed by atoms with Crippen molar-refractivity contribution in [1.82, 2.24) is 19.5 Å². The van der Waals surface area contributed by atoms with Crippen molar-refractivity contribution in [1.29, 1.82) is 0 Å². The molecule has 2 aromatic heterocycles. The van der Waals surface area contributed by atoms with Gasteiger partial charge in [-0.15, -0.1) is 0 Å². The number of carboxylic acids is 1. The molecule has 5 rings (SSSR count). The third-order valence-corrected chi connectivity index (χ3v) is 6.63. The smallest absolute Gasteiger partial charge is 0.306 e. The number of aromatic nitrogens is 4. The Kier molecular flexibility index (Phi) is 5.86. The van der Waals surface area contributed by atoms with E-state index in [1.54, 1.807) is 24.3 Å². The summed E-state index contributed by atoms with van der Waals surface area (Å²) in [4.78, 5) is 27.4. The Balaban J connectivity index is 1.69. The fourth-order valence-corrected chi connectivity index (χ4v) is 4.76. The Morgan fingerprint density at radius 2 is 1.67 bits per heavy atom. The third kappa shape index (κ3) is 4.12. The number of imidazole rings is 1. The predicted octanol–water partition coefficient (Wildman–Crippen LogP) is 5.74. The van der Waals surface area contributed by atoms with Crippen LogP contribution in [0.5, 0.6) is 0 Å². The SMILES string of the molecule is O=C(O)C1CCN(c2ncnc3c2nc(-c2ccc(Cl)cc2Cl)n3-c2ccc(Cl)cc2)CC1. The molecule has 0 bridgehead atoms. The van der Waals surface area contributed by atoms with E-state index in [0.29, 0.717) is 69.4 Å². The fraction of sp³-hybridized carbons (Fsp3) is 0.217. The number of carbonyl (C=O) groups is 1. The number of aliphatic carboxylic acids is 1. The molecule has 0 radical (unpaired) electrons. The number of carboxylic acid groups (broad SMARTS) is 1. The van der Waals surface area contributed by atoms with Gasteiger partial charge in [-0.2, -0.15) is 0 Å². The fourth-order valence-electron chi connectivity index (χ4n) is 4.14. The van der Waals surface area contributed by atoms with Crippen molar-refractivity contribution in [2.45, 2.75) is 12.8 Å². The molecule has 10 heteroatoms. The van der Waals surface area contributed by atoms with Crippen molar-refractivity contribution >= 4 is 57.8 Å². The van der Waals surface area contributed by atoms with Gasteiger partial charge in [0.05, 0.1) is 10.9 Å². The monoisotopic (exact) mass is 501 g/mol. The average molecular weight is 503 g/mol. The maximum Gasteiger partial charge on any atom is 0.306 e. The number of fused-ring (bicyclic) bond motifs is 1. The van der Waals surface area contributed by atoms with E-state index in [0.717, 1.165) is 5.69 Å². The van der Waals surface area contributed by atoms with Crippen molar-refractivity contribution in [3.63, 3.8) is 0 Å². The number of benzene rings is 2. The molecule has 3 heterocycles. The molecule has 0 unspecified atom stereocenters. The highest BCUT2D eigenvalue weighted by Crippen LogP contribution is 2.36. The third-order valence-electron chi connectivity index (χ3n) is 5.83. The summed E-state index contributed by atoms with van der Waals surface area (Å²) in [6.45, 7) is 1.15. The van der Waals surface area contributed by atoms with Crippen LogP contribution in [0.4, 0.5) is 5.82 Å². The summed E-state index contributed by atoms with van der Waals surface area (Å²) < 4.78 is 1.91. The van der Waals surface area contributed by atoms with Crippen LogP contribution in [0, 0.1) is 5.92 Å². The maximum atomic E-state index is 11.4. The number of nitrogens with zero attached hydrogens (tertiary/aromatic N) is 5. The number of anilines is 1. The van der Waals surface area contributed by atoms with Gasteiger partial charge in [-0.05, 0) is 55.3 Å². The largest absolute Gasteiger partial charge is 0.481 e. The van der Waals surface area contributed by atoms with E-state index in [2.05, 4.69) is 14.9 Å². The number of halogens is 3. The Morgan fingerprint density at radius 3 is 2.33 bits per heavy atom. The van der Waals surface area contributed by atoms with Gasteiger partial charge in [-0.3, -0.25) is 9.36 Å². The first kappa shape index (κ1) is 21.9. The molecule has 1 N–H and O–H groups in total. The second-order valence-electron chi connectivity index (χ2n) is 7.84. The predicted molar refractivity (Wildman–Crippen MR) is 130 cm³/mol. The van der Waals surface area contributed by atoms with Crippen LogP contribution in [0.15, 0.2) is 48.8 Å². The molecule has 2 aromatic carbocycles. The Labute approximate surface area is 204 Å². The quantitative estimate of drug-likeness (QED) is 0.383. The second-order valence-corrected chi connectivity index (χ2v) is 9.12. The van der Waals surface area contributed by atoms with E-state index in [-0.39, 0.29) is 5.92 Å². The lowest BCUT2D eigenvalue weighted by molar-refractivity contribution is -0.142. The number of piperidine rings is 1.